The zero-order valence-electron chi connectivity index (χ0n) is 12.9. The third-order valence-electron chi connectivity index (χ3n) is 3.21. The number of anilines is 1. The molecule has 22 heavy (non-hydrogen) atoms. The number of amides is 1. The van der Waals surface area contributed by atoms with Crippen LogP contribution in [0.4, 0.5) is 5.69 Å². The van der Waals surface area contributed by atoms with Gasteiger partial charge in [0.1, 0.15) is 0 Å². The topological polar surface area (TPSA) is 53.2 Å². The van der Waals surface area contributed by atoms with Crippen molar-refractivity contribution >= 4 is 17.3 Å². The third-order valence-corrected chi connectivity index (χ3v) is 3.21. The van der Waals surface area contributed by atoms with E-state index in [1.54, 1.807) is 0 Å². The summed E-state index contributed by atoms with van der Waals surface area (Å²) in [6, 6.07) is 17.8. The van der Waals surface area contributed by atoms with Crippen LogP contribution in [0.5, 0.6) is 0 Å². The number of nitrogens with one attached hydrogen (secondary N) is 3. The highest BCUT2D eigenvalue weighted by Gasteiger charge is 2.03. The van der Waals surface area contributed by atoms with E-state index in [4.69, 9.17) is 0 Å². The molecule has 4 heteroatoms. The van der Waals surface area contributed by atoms with E-state index in [9.17, 15) is 4.79 Å². The molecule has 0 unspecified atom stereocenters. The molecule has 0 aliphatic carbocycles. The van der Waals surface area contributed by atoms with Gasteiger partial charge in [-0.2, -0.15) is 0 Å². The first-order valence-electron chi connectivity index (χ1n) is 7.26. The molecule has 3 N–H and O–H groups in total. The maximum atomic E-state index is 11.9. The van der Waals surface area contributed by atoms with Gasteiger partial charge in [0.2, 0.25) is 0 Å². The summed E-state index contributed by atoms with van der Waals surface area (Å²) in [5, 5.41) is 3.08. The normalized spacial score (nSPS) is 10.9. The van der Waals surface area contributed by atoms with Gasteiger partial charge in [-0.3, -0.25) is 15.6 Å². The fourth-order valence-corrected chi connectivity index (χ4v) is 1.96. The van der Waals surface area contributed by atoms with Crippen LogP contribution < -0.4 is 16.2 Å². The van der Waals surface area contributed by atoms with Gasteiger partial charge < -0.3 is 5.32 Å². The number of carbonyl (C=O) groups excluding carboxylic acids is 1. The smallest absolute Gasteiger partial charge is 0.257 e. The molecule has 0 aromatic heterocycles. The van der Waals surface area contributed by atoms with Gasteiger partial charge in [-0.25, -0.2) is 0 Å². The highest BCUT2D eigenvalue weighted by atomic mass is 16.2. The Labute approximate surface area is 131 Å². The van der Waals surface area contributed by atoms with Gasteiger partial charge in [-0.05, 0) is 31.5 Å². The second-order valence-corrected chi connectivity index (χ2v) is 4.96. The number of benzene rings is 2. The van der Waals surface area contributed by atoms with Crippen molar-refractivity contribution in [3.63, 3.8) is 0 Å². The standard InChI is InChI=1S/C18H21N3O/c1-3-17(15-7-5-4-6-8-15)20-21-18(22)13-19-16-11-9-14(2)10-12-16/h3-12,19-20H,13H2,1-2H3,(H,21,22). The Bertz CT molecular complexity index is 633. The monoisotopic (exact) mass is 295 g/mol. The van der Waals surface area contributed by atoms with Crippen molar-refractivity contribution in [3.8, 4) is 0 Å². The maximum Gasteiger partial charge on any atom is 0.257 e. The SMILES string of the molecule is CC=C(NNC(=O)CNc1ccc(C)cc1)c1ccccc1. The van der Waals surface area contributed by atoms with Crippen LogP contribution in [0.3, 0.4) is 0 Å². The summed E-state index contributed by atoms with van der Waals surface area (Å²) in [7, 11) is 0. The molecule has 0 aliphatic rings. The van der Waals surface area contributed by atoms with Gasteiger partial charge in [0, 0.05) is 5.69 Å². The summed E-state index contributed by atoms with van der Waals surface area (Å²) >= 11 is 0. The van der Waals surface area contributed by atoms with E-state index in [2.05, 4.69) is 16.2 Å². The molecule has 0 heterocycles. The molecule has 0 bridgehead atoms. The van der Waals surface area contributed by atoms with Crippen LogP contribution in [0.15, 0.2) is 60.7 Å². The molecular formula is C18H21N3O. The number of rotatable bonds is 6. The molecule has 0 fully saturated rings. The number of hydrazine groups is 1. The first-order chi connectivity index (χ1) is 10.7. The molecule has 2 rings (SSSR count). The van der Waals surface area contributed by atoms with Crippen molar-refractivity contribution in [1.29, 1.82) is 0 Å². The average molecular weight is 295 g/mol. The molecule has 0 saturated carbocycles. The van der Waals surface area contributed by atoms with Gasteiger partial charge in [0.25, 0.3) is 5.91 Å². The predicted molar refractivity (Wildman–Crippen MR) is 91.0 cm³/mol. The van der Waals surface area contributed by atoms with Crippen LogP contribution in [-0.4, -0.2) is 12.5 Å². The minimum atomic E-state index is -0.129. The highest BCUT2D eigenvalue weighted by Crippen LogP contribution is 2.09. The van der Waals surface area contributed by atoms with Crippen LogP contribution in [0.1, 0.15) is 18.1 Å². The van der Waals surface area contributed by atoms with E-state index < -0.39 is 0 Å². The Morgan fingerprint density at radius 3 is 2.32 bits per heavy atom. The Morgan fingerprint density at radius 1 is 1.00 bits per heavy atom. The Morgan fingerprint density at radius 2 is 1.68 bits per heavy atom. The Kier molecular flexibility index (Phi) is 5.60. The van der Waals surface area contributed by atoms with Crippen molar-refractivity contribution in [2.24, 2.45) is 0 Å². The number of hydrogen-bond donors (Lipinski definition) is 3. The van der Waals surface area contributed by atoms with Gasteiger partial charge >= 0.3 is 0 Å². The summed E-state index contributed by atoms with van der Waals surface area (Å²) in [6.45, 7) is 4.16. The van der Waals surface area contributed by atoms with E-state index in [1.807, 2.05) is 74.5 Å². The fraction of sp³-hybridized carbons (Fsp3) is 0.167. The molecular weight excluding hydrogens is 274 g/mol. The van der Waals surface area contributed by atoms with Crippen molar-refractivity contribution in [3.05, 3.63) is 71.8 Å². The summed E-state index contributed by atoms with van der Waals surface area (Å²) in [4.78, 5) is 11.9. The molecule has 0 spiro atoms. The number of carbonyl (C=O) groups is 1. The minimum absolute atomic E-state index is 0.129. The van der Waals surface area contributed by atoms with Crippen LogP contribution >= 0.6 is 0 Å². The molecule has 2 aromatic rings. The lowest BCUT2D eigenvalue weighted by molar-refractivity contribution is -0.120. The Hall–Kier alpha value is -2.75. The number of allylic oxidation sites excluding steroid dienone is 1. The lowest BCUT2D eigenvalue weighted by Crippen LogP contribution is -2.39. The second kappa shape index (κ2) is 7.88. The van der Waals surface area contributed by atoms with Crippen LogP contribution in [0, 0.1) is 6.92 Å². The molecule has 0 radical (unpaired) electrons. The average Bonchev–Trinajstić information content (AvgIpc) is 2.56. The molecule has 4 nitrogen and oxygen atoms in total. The van der Waals surface area contributed by atoms with E-state index in [1.165, 1.54) is 5.56 Å². The first-order valence-corrected chi connectivity index (χ1v) is 7.26. The largest absolute Gasteiger partial charge is 0.376 e. The highest BCUT2D eigenvalue weighted by molar-refractivity contribution is 5.81. The fourth-order valence-electron chi connectivity index (χ4n) is 1.96. The van der Waals surface area contributed by atoms with Crippen molar-refractivity contribution in [2.75, 3.05) is 11.9 Å². The third kappa shape index (κ3) is 4.66. The maximum absolute atomic E-state index is 11.9. The number of hydrogen-bond acceptors (Lipinski definition) is 3. The quantitative estimate of drug-likeness (QED) is 0.718. The lowest BCUT2D eigenvalue weighted by atomic mass is 10.1. The predicted octanol–water partition coefficient (Wildman–Crippen LogP) is 3.09. The summed E-state index contributed by atoms with van der Waals surface area (Å²) in [5.41, 5.74) is 9.65. The molecule has 0 atom stereocenters. The van der Waals surface area contributed by atoms with E-state index in [0.29, 0.717) is 0 Å². The summed E-state index contributed by atoms with van der Waals surface area (Å²) in [6.07, 6.45) is 1.92. The molecule has 1 amide bonds. The lowest BCUT2D eigenvalue weighted by Gasteiger charge is -2.13. The van der Waals surface area contributed by atoms with Gasteiger partial charge in [-0.15, -0.1) is 0 Å². The number of aryl methyl sites for hydroxylation is 1. The summed E-state index contributed by atoms with van der Waals surface area (Å²) < 4.78 is 0. The zero-order chi connectivity index (χ0) is 15.8. The molecule has 0 saturated heterocycles. The summed E-state index contributed by atoms with van der Waals surface area (Å²) in [5.74, 6) is -0.129. The minimum Gasteiger partial charge on any atom is -0.376 e. The molecule has 114 valence electrons. The zero-order valence-corrected chi connectivity index (χ0v) is 12.9. The molecule has 0 aliphatic heterocycles. The van der Waals surface area contributed by atoms with Gasteiger partial charge in [0.05, 0.1) is 12.2 Å². The van der Waals surface area contributed by atoms with E-state index >= 15 is 0 Å². The van der Waals surface area contributed by atoms with Crippen LogP contribution in [0.25, 0.3) is 5.70 Å². The van der Waals surface area contributed by atoms with Crippen LogP contribution in [0.2, 0.25) is 0 Å². The molecule has 2 aromatic carbocycles. The van der Waals surface area contributed by atoms with E-state index in [0.717, 1.165) is 16.9 Å². The van der Waals surface area contributed by atoms with Crippen molar-refractivity contribution in [1.82, 2.24) is 10.9 Å². The Balaban J connectivity index is 1.81. The van der Waals surface area contributed by atoms with Gasteiger partial charge in [0.15, 0.2) is 0 Å². The van der Waals surface area contributed by atoms with Gasteiger partial charge in [-0.1, -0.05) is 54.1 Å². The van der Waals surface area contributed by atoms with E-state index in [-0.39, 0.29) is 12.5 Å². The van der Waals surface area contributed by atoms with Crippen molar-refractivity contribution in [2.45, 2.75) is 13.8 Å². The second-order valence-electron chi connectivity index (χ2n) is 4.96. The van der Waals surface area contributed by atoms with Crippen molar-refractivity contribution < 1.29 is 4.79 Å². The first kappa shape index (κ1) is 15.6. The van der Waals surface area contributed by atoms with Crippen LogP contribution in [-0.2, 0) is 4.79 Å².